The van der Waals surface area contributed by atoms with Crippen LogP contribution >= 0.6 is 0 Å². The molecule has 0 saturated heterocycles. The second kappa shape index (κ2) is 5.69. The first-order chi connectivity index (χ1) is 10.9. The molecule has 1 aliphatic rings. The van der Waals surface area contributed by atoms with Gasteiger partial charge >= 0.3 is 0 Å². The van der Waals surface area contributed by atoms with Crippen LogP contribution in [-0.4, -0.2) is 22.4 Å². The van der Waals surface area contributed by atoms with Gasteiger partial charge in [-0.1, -0.05) is 19.9 Å². The molecule has 3 N–H and O–H groups in total. The van der Waals surface area contributed by atoms with Gasteiger partial charge in [-0.2, -0.15) is 0 Å². The maximum Gasteiger partial charge on any atom is 0.160 e. The van der Waals surface area contributed by atoms with Crippen molar-refractivity contribution in [2.75, 3.05) is 7.11 Å². The van der Waals surface area contributed by atoms with E-state index in [1.54, 1.807) is 19.2 Å². The summed E-state index contributed by atoms with van der Waals surface area (Å²) in [6, 6.07) is 8.63. The van der Waals surface area contributed by atoms with E-state index in [1.165, 1.54) is 6.07 Å². The first kappa shape index (κ1) is 15.5. The van der Waals surface area contributed by atoms with E-state index in [0.29, 0.717) is 17.6 Å². The molecule has 122 valence electrons. The molecule has 0 unspecified atom stereocenters. The predicted molar refractivity (Wildman–Crippen MR) is 88.3 cm³/mol. The van der Waals surface area contributed by atoms with E-state index in [9.17, 15) is 15.3 Å². The predicted octanol–water partition coefficient (Wildman–Crippen LogP) is 3.77. The van der Waals surface area contributed by atoms with Crippen LogP contribution in [0.4, 0.5) is 0 Å². The number of benzene rings is 2. The van der Waals surface area contributed by atoms with Crippen LogP contribution in [0.1, 0.15) is 36.5 Å². The molecule has 0 fully saturated rings. The van der Waals surface area contributed by atoms with Gasteiger partial charge in [0.05, 0.1) is 7.11 Å². The van der Waals surface area contributed by atoms with E-state index < -0.39 is 0 Å². The van der Waals surface area contributed by atoms with Crippen LogP contribution < -0.4 is 4.74 Å². The van der Waals surface area contributed by atoms with E-state index >= 15 is 0 Å². The smallest absolute Gasteiger partial charge is 0.160 e. The van der Waals surface area contributed by atoms with Gasteiger partial charge in [0.2, 0.25) is 0 Å². The van der Waals surface area contributed by atoms with Gasteiger partial charge in [-0.25, -0.2) is 0 Å². The van der Waals surface area contributed by atoms with Gasteiger partial charge in [0, 0.05) is 5.92 Å². The molecule has 2 aromatic rings. The summed E-state index contributed by atoms with van der Waals surface area (Å²) >= 11 is 0. The molecule has 0 spiro atoms. The van der Waals surface area contributed by atoms with Crippen molar-refractivity contribution < 1.29 is 20.1 Å². The highest BCUT2D eigenvalue weighted by atomic mass is 16.5. The van der Waals surface area contributed by atoms with Gasteiger partial charge in [0.1, 0.15) is 0 Å². The van der Waals surface area contributed by atoms with Gasteiger partial charge in [-0.3, -0.25) is 0 Å². The number of aromatic hydroxyl groups is 3. The third kappa shape index (κ3) is 2.58. The summed E-state index contributed by atoms with van der Waals surface area (Å²) in [5.41, 5.74) is 3.15. The Morgan fingerprint density at radius 1 is 0.957 bits per heavy atom. The maximum absolute atomic E-state index is 10.2. The Morgan fingerprint density at radius 2 is 1.70 bits per heavy atom. The van der Waals surface area contributed by atoms with E-state index in [0.717, 1.165) is 23.1 Å². The lowest BCUT2D eigenvalue weighted by molar-refractivity contribution is 0.319. The standard InChI is InChI=1S/C19H22O4/c1-10-6-13-8-18(23-3)17(22)9-14(13)19(11(10)2)12-4-5-15(20)16(21)7-12/h4-5,7-11,19-22H,6H2,1-3H3/t10-,11+,19+/m0/s1. The summed E-state index contributed by atoms with van der Waals surface area (Å²) in [5, 5.41) is 29.6. The van der Waals surface area contributed by atoms with Gasteiger partial charge in [0.25, 0.3) is 0 Å². The number of rotatable bonds is 2. The van der Waals surface area contributed by atoms with Gasteiger partial charge in [0.15, 0.2) is 23.0 Å². The summed E-state index contributed by atoms with van der Waals surface area (Å²) in [6.07, 6.45) is 0.924. The van der Waals surface area contributed by atoms with Crippen LogP contribution in [0.15, 0.2) is 30.3 Å². The highest BCUT2D eigenvalue weighted by molar-refractivity contribution is 5.53. The fourth-order valence-electron chi connectivity index (χ4n) is 3.62. The Labute approximate surface area is 136 Å². The quantitative estimate of drug-likeness (QED) is 0.738. The van der Waals surface area contributed by atoms with E-state index in [2.05, 4.69) is 13.8 Å². The lowest BCUT2D eigenvalue weighted by atomic mass is 9.68. The SMILES string of the molecule is COc1cc2c(cc1O)[C@@H](c1ccc(O)c(O)c1)[C@H](C)[C@@H](C)C2. The molecule has 3 rings (SSSR count). The van der Waals surface area contributed by atoms with Crippen molar-refractivity contribution in [2.24, 2.45) is 11.8 Å². The second-order valence-electron chi connectivity index (χ2n) is 6.49. The Kier molecular flexibility index (Phi) is 3.84. The molecule has 1 aliphatic carbocycles. The summed E-state index contributed by atoms with van der Waals surface area (Å²) < 4.78 is 5.23. The fraction of sp³-hybridized carbons (Fsp3) is 0.368. The molecule has 0 amide bonds. The average molecular weight is 314 g/mol. The average Bonchev–Trinajstić information content (AvgIpc) is 2.52. The Hall–Kier alpha value is -2.36. The maximum atomic E-state index is 10.2. The number of ether oxygens (including phenoxy) is 1. The summed E-state index contributed by atoms with van der Waals surface area (Å²) in [6.45, 7) is 4.39. The zero-order valence-electron chi connectivity index (χ0n) is 13.6. The van der Waals surface area contributed by atoms with Crippen LogP contribution in [0.25, 0.3) is 0 Å². The molecule has 0 bridgehead atoms. The Bertz CT molecular complexity index is 738. The second-order valence-corrected chi connectivity index (χ2v) is 6.49. The molecule has 0 aromatic heterocycles. The van der Waals surface area contributed by atoms with Gasteiger partial charge in [-0.05, 0) is 59.2 Å². The molecular weight excluding hydrogens is 292 g/mol. The minimum Gasteiger partial charge on any atom is -0.504 e. The molecule has 4 heteroatoms. The molecule has 0 radical (unpaired) electrons. The largest absolute Gasteiger partial charge is 0.504 e. The van der Waals surface area contributed by atoms with Crippen molar-refractivity contribution in [1.29, 1.82) is 0 Å². The van der Waals surface area contributed by atoms with E-state index in [4.69, 9.17) is 4.74 Å². The van der Waals surface area contributed by atoms with Gasteiger partial charge in [-0.15, -0.1) is 0 Å². The minimum absolute atomic E-state index is 0.0528. The zero-order chi connectivity index (χ0) is 16.7. The topological polar surface area (TPSA) is 69.9 Å². The number of hydrogen-bond donors (Lipinski definition) is 3. The molecule has 0 heterocycles. The van der Waals surface area contributed by atoms with Crippen molar-refractivity contribution in [3.63, 3.8) is 0 Å². The highest BCUT2D eigenvalue weighted by Gasteiger charge is 2.34. The molecule has 0 aliphatic heterocycles. The van der Waals surface area contributed by atoms with E-state index in [1.807, 2.05) is 12.1 Å². The normalized spacial score (nSPS) is 23.3. The van der Waals surface area contributed by atoms with Crippen molar-refractivity contribution in [2.45, 2.75) is 26.2 Å². The Balaban J connectivity index is 2.16. The first-order valence-electron chi connectivity index (χ1n) is 7.84. The van der Waals surface area contributed by atoms with Crippen molar-refractivity contribution >= 4 is 0 Å². The number of fused-ring (bicyclic) bond motifs is 1. The molecule has 3 atom stereocenters. The molecule has 0 saturated carbocycles. The zero-order valence-corrected chi connectivity index (χ0v) is 13.6. The van der Waals surface area contributed by atoms with Crippen LogP contribution in [-0.2, 0) is 6.42 Å². The number of phenols is 3. The first-order valence-corrected chi connectivity index (χ1v) is 7.84. The van der Waals surface area contributed by atoms with Crippen LogP contribution in [0.3, 0.4) is 0 Å². The van der Waals surface area contributed by atoms with E-state index in [-0.39, 0.29) is 23.2 Å². The monoisotopic (exact) mass is 314 g/mol. The lowest BCUT2D eigenvalue weighted by Gasteiger charge is -2.37. The lowest BCUT2D eigenvalue weighted by Crippen LogP contribution is -2.26. The number of phenolic OH excluding ortho intramolecular Hbond substituents is 3. The van der Waals surface area contributed by atoms with Crippen LogP contribution in [0.5, 0.6) is 23.0 Å². The van der Waals surface area contributed by atoms with Crippen molar-refractivity contribution in [1.82, 2.24) is 0 Å². The van der Waals surface area contributed by atoms with Gasteiger partial charge < -0.3 is 20.1 Å². The van der Waals surface area contributed by atoms with Crippen molar-refractivity contribution in [3.8, 4) is 23.0 Å². The third-order valence-corrected chi connectivity index (χ3v) is 5.10. The summed E-state index contributed by atoms with van der Waals surface area (Å²) in [5.74, 6) is 1.23. The highest BCUT2D eigenvalue weighted by Crippen LogP contribution is 2.47. The van der Waals surface area contributed by atoms with Crippen molar-refractivity contribution in [3.05, 3.63) is 47.0 Å². The van der Waals surface area contributed by atoms with Crippen LogP contribution in [0.2, 0.25) is 0 Å². The molecule has 23 heavy (non-hydrogen) atoms. The summed E-state index contributed by atoms with van der Waals surface area (Å²) in [4.78, 5) is 0. The fourth-order valence-corrected chi connectivity index (χ4v) is 3.62. The number of methoxy groups -OCH3 is 1. The molecular formula is C19H22O4. The minimum atomic E-state index is -0.122. The number of hydrogen-bond acceptors (Lipinski definition) is 4. The third-order valence-electron chi connectivity index (χ3n) is 5.10. The molecule has 2 aromatic carbocycles. The van der Waals surface area contributed by atoms with Crippen LogP contribution in [0, 0.1) is 11.8 Å². The Morgan fingerprint density at radius 3 is 2.35 bits per heavy atom. The summed E-state index contributed by atoms with van der Waals surface area (Å²) in [7, 11) is 1.55. The molecule has 4 nitrogen and oxygen atoms in total.